The van der Waals surface area contributed by atoms with Crippen molar-refractivity contribution in [1.29, 1.82) is 0 Å². The maximum atomic E-state index is 13.6. The van der Waals surface area contributed by atoms with Crippen molar-refractivity contribution in [2.24, 2.45) is 0 Å². The van der Waals surface area contributed by atoms with Crippen molar-refractivity contribution in [3.8, 4) is 0 Å². The van der Waals surface area contributed by atoms with Gasteiger partial charge >= 0.3 is 5.97 Å². The topological polar surface area (TPSA) is 35.5 Å². The fraction of sp³-hybridized carbons (Fsp3) is 0.917. The van der Waals surface area contributed by atoms with Crippen LogP contribution in [0.25, 0.3) is 0 Å². The molecule has 0 spiro atoms. The molecule has 4 heteroatoms. The minimum absolute atomic E-state index is 0.265. The molecule has 0 radical (unpaired) electrons. The number of carbonyl (C=O) groups excluding carboxylic acids is 1. The molecule has 0 saturated heterocycles. The number of unbranched alkanes of at least 4 members (excludes halogenated alkanes) is 1. The molecule has 3 atom stereocenters. The van der Waals surface area contributed by atoms with E-state index in [1.807, 2.05) is 0 Å². The van der Waals surface area contributed by atoms with E-state index in [9.17, 15) is 9.18 Å². The van der Waals surface area contributed by atoms with E-state index >= 15 is 0 Å². The monoisotopic (exact) mass is 232 g/mol. The quantitative estimate of drug-likeness (QED) is 0.540. The van der Waals surface area contributed by atoms with Crippen molar-refractivity contribution in [2.45, 2.75) is 64.3 Å². The van der Waals surface area contributed by atoms with Gasteiger partial charge in [0.2, 0.25) is 0 Å². The van der Waals surface area contributed by atoms with Crippen LogP contribution in [0.15, 0.2) is 0 Å². The fourth-order valence-corrected chi connectivity index (χ4v) is 1.97. The van der Waals surface area contributed by atoms with Crippen molar-refractivity contribution in [3.05, 3.63) is 0 Å². The molecular weight excluding hydrogens is 211 g/mol. The van der Waals surface area contributed by atoms with Crippen molar-refractivity contribution in [2.75, 3.05) is 6.61 Å². The van der Waals surface area contributed by atoms with Gasteiger partial charge in [0, 0.05) is 13.5 Å². The molecule has 0 aliphatic heterocycles. The highest BCUT2D eigenvalue weighted by atomic mass is 19.1. The van der Waals surface area contributed by atoms with Crippen LogP contribution in [0, 0.1) is 0 Å². The lowest BCUT2D eigenvalue weighted by molar-refractivity contribution is -0.166. The van der Waals surface area contributed by atoms with Gasteiger partial charge in [0.05, 0.1) is 6.10 Å². The fourth-order valence-electron chi connectivity index (χ4n) is 1.97. The maximum absolute atomic E-state index is 13.6. The number of carbonyl (C=O) groups is 1. The predicted octanol–water partition coefficient (Wildman–Crippen LogP) is 2.63. The molecule has 1 rings (SSSR count). The van der Waals surface area contributed by atoms with Crippen LogP contribution in [-0.4, -0.2) is 31.0 Å². The van der Waals surface area contributed by atoms with E-state index in [4.69, 9.17) is 9.47 Å². The van der Waals surface area contributed by atoms with Crippen molar-refractivity contribution < 1.29 is 18.7 Å². The summed E-state index contributed by atoms with van der Waals surface area (Å²) in [6, 6.07) is 0. The van der Waals surface area contributed by atoms with Crippen molar-refractivity contribution >= 4 is 5.97 Å². The molecule has 0 unspecified atom stereocenters. The third kappa shape index (κ3) is 4.08. The standard InChI is InChI=1S/C12H21FO3/c1-3-4-8-15-11-7-5-6-10(13)12(11)16-9(2)14/h10-12H,3-8H2,1-2H3/t10-,11+,12-/m1/s1. The van der Waals surface area contributed by atoms with Gasteiger partial charge in [-0.3, -0.25) is 4.79 Å². The Labute approximate surface area is 96.3 Å². The van der Waals surface area contributed by atoms with Gasteiger partial charge in [-0.1, -0.05) is 13.3 Å². The molecule has 94 valence electrons. The molecule has 1 aliphatic rings. The molecule has 1 saturated carbocycles. The van der Waals surface area contributed by atoms with Gasteiger partial charge in [-0.25, -0.2) is 4.39 Å². The molecule has 0 N–H and O–H groups in total. The van der Waals surface area contributed by atoms with Gasteiger partial charge in [0.25, 0.3) is 0 Å². The molecule has 0 aromatic heterocycles. The summed E-state index contributed by atoms with van der Waals surface area (Å²) in [5.41, 5.74) is 0. The lowest BCUT2D eigenvalue weighted by Crippen LogP contribution is -2.43. The van der Waals surface area contributed by atoms with E-state index in [1.54, 1.807) is 0 Å². The molecule has 0 heterocycles. The Hall–Kier alpha value is -0.640. The zero-order valence-corrected chi connectivity index (χ0v) is 10.1. The van der Waals surface area contributed by atoms with Gasteiger partial charge in [-0.2, -0.15) is 0 Å². The Morgan fingerprint density at radius 1 is 1.44 bits per heavy atom. The van der Waals surface area contributed by atoms with E-state index in [0.717, 1.165) is 25.7 Å². The summed E-state index contributed by atoms with van der Waals surface area (Å²) in [5, 5.41) is 0. The number of halogens is 1. The highest BCUT2D eigenvalue weighted by molar-refractivity contribution is 5.66. The summed E-state index contributed by atoms with van der Waals surface area (Å²) in [7, 11) is 0. The molecule has 0 aromatic carbocycles. The van der Waals surface area contributed by atoms with Gasteiger partial charge in [0.1, 0.15) is 6.17 Å². The molecule has 0 amide bonds. The van der Waals surface area contributed by atoms with Crippen molar-refractivity contribution in [1.82, 2.24) is 0 Å². The Kier molecular flexibility index (Phi) is 5.74. The van der Waals surface area contributed by atoms with Crippen LogP contribution in [0.5, 0.6) is 0 Å². The van der Waals surface area contributed by atoms with Gasteiger partial charge in [-0.05, 0) is 25.7 Å². The maximum Gasteiger partial charge on any atom is 0.303 e. The number of esters is 1. The van der Waals surface area contributed by atoms with E-state index in [2.05, 4.69) is 6.92 Å². The summed E-state index contributed by atoms with van der Waals surface area (Å²) >= 11 is 0. The smallest absolute Gasteiger partial charge is 0.303 e. The first-order valence-corrected chi connectivity index (χ1v) is 6.08. The van der Waals surface area contributed by atoms with Crippen LogP contribution < -0.4 is 0 Å². The summed E-state index contributed by atoms with van der Waals surface area (Å²) < 4.78 is 24.2. The Morgan fingerprint density at radius 3 is 2.81 bits per heavy atom. The average molecular weight is 232 g/mol. The van der Waals surface area contributed by atoms with E-state index in [1.165, 1.54) is 6.92 Å². The molecular formula is C12H21FO3. The van der Waals surface area contributed by atoms with Gasteiger partial charge in [-0.15, -0.1) is 0 Å². The zero-order chi connectivity index (χ0) is 12.0. The first kappa shape index (κ1) is 13.4. The number of alkyl halides is 1. The number of hydrogen-bond donors (Lipinski definition) is 0. The van der Waals surface area contributed by atoms with Crippen molar-refractivity contribution in [3.63, 3.8) is 0 Å². The largest absolute Gasteiger partial charge is 0.457 e. The first-order valence-electron chi connectivity index (χ1n) is 6.08. The van der Waals surface area contributed by atoms with Crippen LogP contribution in [0.1, 0.15) is 46.0 Å². The minimum Gasteiger partial charge on any atom is -0.457 e. The van der Waals surface area contributed by atoms with Gasteiger partial charge in [0.15, 0.2) is 6.10 Å². The second-order valence-corrected chi connectivity index (χ2v) is 4.28. The summed E-state index contributed by atoms with van der Waals surface area (Å²) in [4.78, 5) is 10.9. The molecule has 16 heavy (non-hydrogen) atoms. The number of ether oxygens (including phenoxy) is 2. The lowest BCUT2D eigenvalue weighted by Gasteiger charge is -2.33. The van der Waals surface area contributed by atoms with Crippen LogP contribution in [-0.2, 0) is 14.3 Å². The van der Waals surface area contributed by atoms with Crippen LogP contribution in [0.2, 0.25) is 0 Å². The Balaban J connectivity index is 2.45. The molecule has 0 bridgehead atoms. The van der Waals surface area contributed by atoms with E-state index < -0.39 is 18.2 Å². The molecule has 3 nitrogen and oxygen atoms in total. The summed E-state index contributed by atoms with van der Waals surface area (Å²) in [6.45, 7) is 4.00. The number of rotatable bonds is 5. The SMILES string of the molecule is CCCCO[C@H]1CCC[C@@H](F)[C@H]1OC(C)=O. The third-order valence-corrected chi connectivity index (χ3v) is 2.82. The molecule has 1 fully saturated rings. The first-order chi connectivity index (χ1) is 7.65. The summed E-state index contributed by atoms with van der Waals surface area (Å²) in [6.07, 6.45) is 2.00. The lowest BCUT2D eigenvalue weighted by atomic mass is 9.93. The second-order valence-electron chi connectivity index (χ2n) is 4.28. The highest BCUT2D eigenvalue weighted by Crippen LogP contribution is 2.27. The van der Waals surface area contributed by atoms with E-state index in [0.29, 0.717) is 13.0 Å². The highest BCUT2D eigenvalue weighted by Gasteiger charge is 2.36. The van der Waals surface area contributed by atoms with Gasteiger partial charge < -0.3 is 9.47 Å². The van der Waals surface area contributed by atoms with Crippen LogP contribution in [0.4, 0.5) is 4.39 Å². The molecule has 1 aliphatic carbocycles. The number of hydrogen-bond acceptors (Lipinski definition) is 3. The van der Waals surface area contributed by atoms with Crippen LogP contribution in [0.3, 0.4) is 0 Å². The van der Waals surface area contributed by atoms with E-state index in [-0.39, 0.29) is 6.10 Å². The summed E-state index contributed by atoms with van der Waals surface area (Å²) in [5.74, 6) is -0.432. The normalized spacial score (nSPS) is 30.1. The average Bonchev–Trinajstić information content (AvgIpc) is 2.23. The Morgan fingerprint density at radius 2 is 2.19 bits per heavy atom. The third-order valence-electron chi connectivity index (χ3n) is 2.82. The van der Waals surface area contributed by atoms with Crippen LogP contribution >= 0.6 is 0 Å². The predicted molar refractivity (Wildman–Crippen MR) is 58.9 cm³/mol. The Bertz CT molecular complexity index is 220. The second kappa shape index (κ2) is 6.84. The molecule has 0 aromatic rings. The minimum atomic E-state index is -1.08. The zero-order valence-electron chi connectivity index (χ0n) is 10.1.